The molecule has 1 N–H and O–H groups in total. The molecule has 0 saturated carbocycles. The summed E-state index contributed by atoms with van der Waals surface area (Å²) < 4.78 is 0. The van der Waals surface area contributed by atoms with Crippen LogP contribution in [0.2, 0.25) is 5.02 Å². The second-order valence-electron chi connectivity index (χ2n) is 8.20. The predicted molar refractivity (Wildman–Crippen MR) is 138 cm³/mol. The van der Waals surface area contributed by atoms with Gasteiger partial charge in [-0.25, -0.2) is 4.99 Å². The molecule has 0 radical (unpaired) electrons. The van der Waals surface area contributed by atoms with Crippen molar-refractivity contribution in [2.45, 2.75) is 39.0 Å². The zero-order valence-electron chi connectivity index (χ0n) is 19.0. The maximum atomic E-state index is 12.7. The first kappa shape index (κ1) is 24.1. The lowest BCUT2D eigenvalue weighted by atomic mass is 9.98. The quantitative estimate of drug-likeness (QED) is 0.350. The van der Waals surface area contributed by atoms with E-state index >= 15 is 0 Å². The van der Waals surface area contributed by atoms with Gasteiger partial charge in [0.15, 0.2) is 0 Å². The molecule has 0 aromatic heterocycles. The lowest BCUT2D eigenvalue weighted by Crippen LogP contribution is -2.26. The molecule has 166 valence electrons. The third kappa shape index (κ3) is 5.81. The van der Waals surface area contributed by atoms with E-state index in [1.165, 1.54) is 0 Å². The summed E-state index contributed by atoms with van der Waals surface area (Å²) in [6, 6.07) is 14.1. The van der Waals surface area contributed by atoms with Crippen molar-refractivity contribution in [2.24, 2.45) is 10.9 Å². The van der Waals surface area contributed by atoms with Crippen molar-refractivity contribution in [3.8, 4) is 0 Å². The Morgan fingerprint density at radius 3 is 2.62 bits per heavy atom. The third-order valence-corrected chi connectivity index (χ3v) is 6.55. The number of aliphatic imine (C=N–C) groups is 1. The molecule has 0 aliphatic carbocycles. The third-order valence-electron chi connectivity index (χ3n) is 5.22. The second kappa shape index (κ2) is 10.8. The van der Waals surface area contributed by atoms with Gasteiger partial charge in [-0.1, -0.05) is 74.1 Å². The molecule has 1 heterocycles. The summed E-state index contributed by atoms with van der Waals surface area (Å²) in [5, 5.41) is 3.69. The maximum Gasteiger partial charge on any atom is 0.251 e. The molecular weight excluding hydrogens is 436 g/mol. The van der Waals surface area contributed by atoms with Gasteiger partial charge in [0, 0.05) is 38.1 Å². The van der Waals surface area contributed by atoms with E-state index in [0.717, 1.165) is 44.3 Å². The number of fused-ring (bicyclic) bond motifs is 1. The molecule has 1 aliphatic rings. The Morgan fingerprint density at radius 2 is 1.94 bits per heavy atom. The van der Waals surface area contributed by atoms with Crippen LogP contribution in [0, 0.1) is 12.8 Å². The molecule has 0 fully saturated rings. The molecule has 2 aromatic carbocycles. The molecule has 0 unspecified atom stereocenters. The number of nitrogens with zero attached hydrogens (tertiary/aromatic N) is 1. The Balaban J connectivity index is 2.07. The first-order chi connectivity index (χ1) is 15.3. The fraction of sp³-hybridized carbons (Fsp3) is 0.259. The number of nitrogens with one attached hydrogen (secondary N) is 1. The van der Waals surface area contributed by atoms with Gasteiger partial charge in [0.05, 0.1) is 11.4 Å². The van der Waals surface area contributed by atoms with Gasteiger partial charge in [-0.05, 0) is 56.0 Å². The molecule has 1 aliphatic heterocycles. The minimum Gasteiger partial charge on any atom is -0.352 e. The van der Waals surface area contributed by atoms with Gasteiger partial charge in [-0.3, -0.25) is 4.79 Å². The van der Waals surface area contributed by atoms with Gasteiger partial charge in [0.25, 0.3) is 5.91 Å². The van der Waals surface area contributed by atoms with Gasteiger partial charge in [-0.15, -0.1) is 0 Å². The average molecular weight is 465 g/mol. The van der Waals surface area contributed by atoms with E-state index in [2.05, 4.69) is 37.9 Å². The molecule has 5 heteroatoms. The van der Waals surface area contributed by atoms with Crippen LogP contribution in [0.5, 0.6) is 0 Å². The summed E-state index contributed by atoms with van der Waals surface area (Å²) in [6.45, 7) is 12.8. The number of carbonyl (C=O) groups is 1. The number of halogens is 1. The average Bonchev–Trinajstić information content (AvgIpc) is 2.88. The highest BCUT2D eigenvalue weighted by atomic mass is 35.5. The topological polar surface area (TPSA) is 41.5 Å². The van der Waals surface area contributed by atoms with Crippen LogP contribution in [-0.2, 0) is 4.79 Å². The van der Waals surface area contributed by atoms with Crippen LogP contribution in [0.25, 0.3) is 0 Å². The van der Waals surface area contributed by atoms with Crippen molar-refractivity contribution >= 4 is 35.0 Å². The highest BCUT2D eigenvalue weighted by Gasteiger charge is 2.20. The number of amides is 1. The maximum absolute atomic E-state index is 12.7. The van der Waals surface area contributed by atoms with Crippen molar-refractivity contribution < 1.29 is 4.79 Å². The van der Waals surface area contributed by atoms with Gasteiger partial charge in [0.2, 0.25) is 0 Å². The standard InChI is InChI=1S/C27H29ClN2OS/c1-6-20(27(31)29-14-13-17(2)3)16-24-19(5)32-25-10-8-7-9-23(25)26(30-24)22-12-11-21(28)15-18(22)4/h6-12,15-17H,1,13-14H2,2-5H3,(H,29,31)/b20-16+. The largest absolute Gasteiger partial charge is 0.352 e. The van der Waals surface area contributed by atoms with E-state index in [4.69, 9.17) is 16.6 Å². The SMILES string of the molecule is C=C/C(=C\C1=C(C)Sc2ccccc2C(c2ccc(Cl)cc2C)=N1)C(=O)NCCC(C)C. The summed E-state index contributed by atoms with van der Waals surface area (Å²) >= 11 is 7.87. The Kier molecular flexibility index (Phi) is 8.16. The summed E-state index contributed by atoms with van der Waals surface area (Å²) in [6.07, 6.45) is 4.36. The second-order valence-corrected chi connectivity index (χ2v) is 9.89. The minimum atomic E-state index is -0.132. The van der Waals surface area contributed by atoms with Crippen LogP contribution in [0.15, 0.2) is 87.3 Å². The number of benzene rings is 2. The summed E-state index contributed by atoms with van der Waals surface area (Å²) in [4.78, 5) is 20.0. The first-order valence-corrected chi connectivity index (χ1v) is 11.9. The predicted octanol–water partition coefficient (Wildman–Crippen LogP) is 7.10. The lowest BCUT2D eigenvalue weighted by Gasteiger charge is -2.12. The van der Waals surface area contributed by atoms with Gasteiger partial charge < -0.3 is 5.32 Å². The molecule has 1 amide bonds. The van der Waals surface area contributed by atoms with E-state index in [1.54, 1.807) is 17.8 Å². The molecule has 0 saturated heterocycles. The van der Waals surface area contributed by atoms with Crippen molar-refractivity contribution in [3.05, 3.63) is 99.1 Å². The molecule has 0 atom stereocenters. The van der Waals surface area contributed by atoms with E-state index in [9.17, 15) is 4.79 Å². The fourth-order valence-corrected chi connectivity index (χ4v) is 4.59. The normalized spacial score (nSPS) is 14.1. The number of aryl methyl sites for hydroxylation is 1. The molecule has 0 spiro atoms. The van der Waals surface area contributed by atoms with Crippen LogP contribution < -0.4 is 5.32 Å². The number of hydrogen-bond acceptors (Lipinski definition) is 3. The number of hydrogen-bond donors (Lipinski definition) is 1. The van der Waals surface area contributed by atoms with Gasteiger partial charge >= 0.3 is 0 Å². The number of carbonyl (C=O) groups excluding carboxylic acids is 1. The van der Waals surface area contributed by atoms with Crippen molar-refractivity contribution in [2.75, 3.05) is 6.54 Å². The molecule has 32 heavy (non-hydrogen) atoms. The van der Waals surface area contributed by atoms with Crippen LogP contribution in [-0.4, -0.2) is 18.2 Å². The monoisotopic (exact) mass is 464 g/mol. The van der Waals surface area contributed by atoms with E-state index in [-0.39, 0.29) is 5.91 Å². The zero-order chi connectivity index (χ0) is 23.3. The van der Waals surface area contributed by atoms with E-state index in [0.29, 0.717) is 23.1 Å². The Labute approximate surface area is 200 Å². The van der Waals surface area contributed by atoms with E-state index in [1.807, 2.05) is 50.3 Å². The van der Waals surface area contributed by atoms with Crippen molar-refractivity contribution in [1.29, 1.82) is 0 Å². The zero-order valence-corrected chi connectivity index (χ0v) is 20.6. The summed E-state index contributed by atoms with van der Waals surface area (Å²) in [5.41, 5.74) is 5.26. The Morgan fingerprint density at radius 1 is 1.19 bits per heavy atom. The molecule has 0 bridgehead atoms. The Hall–Kier alpha value is -2.56. The van der Waals surface area contributed by atoms with Crippen LogP contribution in [0.1, 0.15) is 43.9 Å². The number of thioether (sulfide) groups is 1. The molecule has 3 rings (SSSR count). The highest BCUT2D eigenvalue weighted by molar-refractivity contribution is 8.03. The van der Waals surface area contributed by atoms with Gasteiger partial charge in [-0.2, -0.15) is 0 Å². The fourth-order valence-electron chi connectivity index (χ4n) is 3.40. The van der Waals surface area contributed by atoms with E-state index < -0.39 is 0 Å². The number of allylic oxidation sites excluding steroid dienone is 2. The highest BCUT2D eigenvalue weighted by Crippen LogP contribution is 2.37. The smallest absolute Gasteiger partial charge is 0.251 e. The van der Waals surface area contributed by atoms with Crippen LogP contribution in [0.4, 0.5) is 0 Å². The van der Waals surface area contributed by atoms with Crippen molar-refractivity contribution in [3.63, 3.8) is 0 Å². The van der Waals surface area contributed by atoms with Crippen molar-refractivity contribution in [1.82, 2.24) is 5.32 Å². The molecule has 2 aromatic rings. The first-order valence-electron chi connectivity index (χ1n) is 10.8. The van der Waals surface area contributed by atoms with Crippen LogP contribution in [0.3, 0.4) is 0 Å². The van der Waals surface area contributed by atoms with Gasteiger partial charge in [0.1, 0.15) is 0 Å². The summed E-state index contributed by atoms with van der Waals surface area (Å²) in [5.74, 6) is 0.398. The number of rotatable bonds is 7. The molecule has 3 nitrogen and oxygen atoms in total. The van der Waals surface area contributed by atoms with Crippen LogP contribution >= 0.6 is 23.4 Å². The lowest BCUT2D eigenvalue weighted by molar-refractivity contribution is -0.117. The summed E-state index contributed by atoms with van der Waals surface area (Å²) in [7, 11) is 0. The Bertz CT molecular complexity index is 1130. The minimum absolute atomic E-state index is 0.132. The molecular formula is C27H29ClN2OS.